The third-order valence-electron chi connectivity index (χ3n) is 5.70. The summed E-state index contributed by atoms with van der Waals surface area (Å²) in [5.41, 5.74) is 2.11. The highest BCUT2D eigenvalue weighted by Gasteiger charge is 2.25. The molecule has 0 aromatic heterocycles. The van der Waals surface area contributed by atoms with E-state index in [0.29, 0.717) is 25.3 Å². The maximum Gasteiger partial charge on any atom is 0.223 e. The van der Waals surface area contributed by atoms with E-state index in [1.54, 1.807) is 6.07 Å². The van der Waals surface area contributed by atoms with Gasteiger partial charge >= 0.3 is 0 Å². The number of nitrogens with one attached hydrogen (secondary N) is 1. The van der Waals surface area contributed by atoms with Gasteiger partial charge in [-0.15, -0.1) is 0 Å². The smallest absolute Gasteiger partial charge is 0.223 e. The van der Waals surface area contributed by atoms with E-state index < -0.39 is 0 Å². The highest BCUT2D eigenvalue weighted by atomic mass is 19.1. The quantitative estimate of drug-likeness (QED) is 0.680. The minimum Gasteiger partial charge on any atom is -0.492 e. The summed E-state index contributed by atoms with van der Waals surface area (Å²) in [7, 11) is 0. The summed E-state index contributed by atoms with van der Waals surface area (Å²) in [6, 6.07) is 15.0. The Morgan fingerprint density at radius 2 is 1.77 bits per heavy atom. The number of halogens is 1. The molecule has 1 aliphatic rings. The van der Waals surface area contributed by atoms with Gasteiger partial charge in [-0.25, -0.2) is 4.39 Å². The van der Waals surface area contributed by atoms with Gasteiger partial charge in [-0.3, -0.25) is 9.69 Å². The lowest BCUT2D eigenvalue weighted by atomic mass is 9.87. The predicted octanol–water partition coefficient (Wildman–Crippen LogP) is 4.53. The number of rotatable bonds is 7. The Hall–Kier alpha value is -2.40. The van der Waals surface area contributed by atoms with Crippen LogP contribution in [0.5, 0.6) is 5.75 Å². The Morgan fingerprint density at radius 1 is 1.10 bits per heavy atom. The van der Waals surface area contributed by atoms with Crippen LogP contribution < -0.4 is 10.1 Å². The zero-order chi connectivity index (χ0) is 21.6. The van der Waals surface area contributed by atoms with Crippen LogP contribution >= 0.6 is 0 Å². The van der Waals surface area contributed by atoms with Crippen molar-refractivity contribution in [2.24, 2.45) is 5.92 Å². The Morgan fingerprint density at radius 3 is 2.40 bits per heavy atom. The first-order valence-corrected chi connectivity index (χ1v) is 10.8. The Bertz CT molecular complexity index is 822. The molecular formula is C25H33FN2O2. The van der Waals surface area contributed by atoms with Crippen LogP contribution in [-0.2, 0) is 16.8 Å². The lowest BCUT2D eigenvalue weighted by Gasteiger charge is -2.31. The molecule has 0 saturated carbocycles. The zero-order valence-corrected chi connectivity index (χ0v) is 18.3. The summed E-state index contributed by atoms with van der Waals surface area (Å²) in [4.78, 5) is 14.7. The van der Waals surface area contributed by atoms with E-state index in [0.717, 1.165) is 31.7 Å². The summed E-state index contributed by atoms with van der Waals surface area (Å²) >= 11 is 0. The average molecular weight is 413 g/mol. The van der Waals surface area contributed by atoms with Gasteiger partial charge in [0.15, 0.2) is 0 Å². The molecule has 1 amide bonds. The van der Waals surface area contributed by atoms with E-state index in [1.807, 2.05) is 24.3 Å². The van der Waals surface area contributed by atoms with E-state index in [9.17, 15) is 9.18 Å². The molecule has 0 unspecified atom stereocenters. The second-order valence-electron chi connectivity index (χ2n) is 9.06. The van der Waals surface area contributed by atoms with Crippen molar-refractivity contribution < 1.29 is 13.9 Å². The van der Waals surface area contributed by atoms with Gasteiger partial charge in [0.25, 0.3) is 0 Å². The number of piperidine rings is 1. The molecule has 0 bridgehead atoms. The fourth-order valence-corrected chi connectivity index (χ4v) is 3.76. The summed E-state index contributed by atoms with van der Waals surface area (Å²) in [5, 5.41) is 2.99. The molecule has 0 atom stereocenters. The van der Waals surface area contributed by atoms with Crippen molar-refractivity contribution in [1.29, 1.82) is 0 Å². The molecule has 1 aliphatic heterocycles. The predicted molar refractivity (Wildman–Crippen MR) is 118 cm³/mol. The number of hydrogen-bond acceptors (Lipinski definition) is 3. The maximum absolute atomic E-state index is 13.8. The molecule has 0 spiro atoms. The summed E-state index contributed by atoms with van der Waals surface area (Å²) in [6.45, 7) is 9.71. The molecule has 3 rings (SSSR count). The minimum absolute atomic E-state index is 0.0212. The molecule has 162 valence electrons. The van der Waals surface area contributed by atoms with E-state index in [-0.39, 0.29) is 23.1 Å². The second kappa shape index (κ2) is 10.1. The van der Waals surface area contributed by atoms with Crippen molar-refractivity contribution in [3.8, 4) is 5.75 Å². The number of nitrogens with zero attached hydrogens (tertiary/aromatic N) is 1. The third kappa shape index (κ3) is 6.30. The van der Waals surface area contributed by atoms with Gasteiger partial charge in [0.05, 0.1) is 6.54 Å². The largest absolute Gasteiger partial charge is 0.492 e. The van der Waals surface area contributed by atoms with Crippen molar-refractivity contribution in [3.05, 3.63) is 65.5 Å². The topological polar surface area (TPSA) is 41.6 Å². The van der Waals surface area contributed by atoms with Crippen LogP contribution in [0.1, 0.15) is 44.7 Å². The fraction of sp³-hybridized carbons (Fsp3) is 0.480. The van der Waals surface area contributed by atoms with E-state index >= 15 is 0 Å². The van der Waals surface area contributed by atoms with Gasteiger partial charge in [0.1, 0.15) is 18.2 Å². The minimum atomic E-state index is -0.162. The Labute approximate surface area is 179 Å². The lowest BCUT2D eigenvalue weighted by molar-refractivity contribution is -0.126. The van der Waals surface area contributed by atoms with Gasteiger partial charge in [0.2, 0.25) is 5.91 Å². The van der Waals surface area contributed by atoms with Crippen LogP contribution in [0.15, 0.2) is 48.5 Å². The molecule has 1 N–H and O–H groups in total. The molecular weight excluding hydrogens is 379 g/mol. The number of carbonyl (C=O) groups excluding carboxylic acids is 1. The average Bonchev–Trinajstić information content (AvgIpc) is 2.73. The molecule has 5 heteroatoms. The number of amides is 1. The van der Waals surface area contributed by atoms with Crippen molar-refractivity contribution >= 4 is 5.91 Å². The SMILES string of the molecule is CC(C)(C)c1ccc(OCCNC(=O)C2CCN(Cc3ccccc3F)CC2)cc1. The number of likely N-dealkylation sites (tertiary alicyclic amines) is 1. The highest BCUT2D eigenvalue weighted by molar-refractivity contribution is 5.78. The maximum atomic E-state index is 13.8. The number of benzene rings is 2. The van der Waals surface area contributed by atoms with Crippen LogP contribution in [-0.4, -0.2) is 37.0 Å². The van der Waals surface area contributed by atoms with Gasteiger partial charge in [-0.2, -0.15) is 0 Å². The molecule has 2 aromatic carbocycles. The van der Waals surface area contributed by atoms with Gasteiger partial charge < -0.3 is 10.1 Å². The van der Waals surface area contributed by atoms with E-state index in [1.165, 1.54) is 11.6 Å². The zero-order valence-electron chi connectivity index (χ0n) is 18.3. The van der Waals surface area contributed by atoms with Crippen LogP contribution in [0.4, 0.5) is 4.39 Å². The molecule has 30 heavy (non-hydrogen) atoms. The molecule has 0 aliphatic carbocycles. The van der Waals surface area contributed by atoms with Crippen molar-refractivity contribution in [2.45, 2.75) is 45.6 Å². The number of carbonyl (C=O) groups is 1. The number of ether oxygens (including phenoxy) is 1. The lowest BCUT2D eigenvalue weighted by Crippen LogP contribution is -2.41. The fourth-order valence-electron chi connectivity index (χ4n) is 3.76. The monoisotopic (exact) mass is 412 g/mol. The van der Waals surface area contributed by atoms with Crippen LogP contribution in [0, 0.1) is 11.7 Å². The first kappa shape index (κ1) is 22.3. The van der Waals surface area contributed by atoms with Crippen LogP contribution in [0.2, 0.25) is 0 Å². The molecule has 1 heterocycles. The number of hydrogen-bond donors (Lipinski definition) is 1. The first-order chi connectivity index (χ1) is 14.3. The Balaban J connectivity index is 1.34. The molecule has 4 nitrogen and oxygen atoms in total. The summed E-state index contributed by atoms with van der Waals surface area (Å²) in [5.74, 6) is 0.768. The molecule has 1 fully saturated rings. The van der Waals surface area contributed by atoms with Crippen molar-refractivity contribution in [2.75, 3.05) is 26.2 Å². The molecule has 1 saturated heterocycles. The third-order valence-corrected chi connectivity index (χ3v) is 5.70. The summed E-state index contributed by atoms with van der Waals surface area (Å²) in [6.07, 6.45) is 1.60. The second-order valence-corrected chi connectivity index (χ2v) is 9.06. The normalized spacial score (nSPS) is 15.7. The van der Waals surface area contributed by atoms with Crippen LogP contribution in [0.3, 0.4) is 0 Å². The summed E-state index contributed by atoms with van der Waals surface area (Å²) < 4.78 is 19.6. The van der Waals surface area contributed by atoms with Gasteiger partial charge in [0, 0.05) is 18.0 Å². The highest BCUT2D eigenvalue weighted by Crippen LogP contribution is 2.24. The van der Waals surface area contributed by atoms with Crippen LogP contribution in [0.25, 0.3) is 0 Å². The van der Waals surface area contributed by atoms with Gasteiger partial charge in [-0.1, -0.05) is 51.1 Å². The van der Waals surface area contributed by atoms with E-state index in [4.69, 9.17) is 4.74 Å². The van der Waals surface area contributed by atoms with Crippen molar-refractivity contribution in [1.82, 2.24) is 10.2 Å². The Kier molecular flexibility index (Phi) is 7.48. The molecule has 2 aromatic rings. The first-order valence-electron chi connectivity index (χ1n) is 10.8. The standard InChI is InChI=1S/C25H33FN2O2/c1-25(2,3)21-8-10-22(11-9-21)30-17-14-27-24(29)19-12-15-28(16-13-19)18-20-6-4-5-7-23(20)26/h4-11,19H,12-18H2,1-3H3,(H,27,29). The van der Waals surface area contributed by atoms with Gasteiger partial charge in [-0.05, 0) is 55.1 Å². The van der Waals surface area contributed by atoms with Crippen molar-refractivity contribution in [3.63, 3.8) is 0 Å². The molecule has 0 radical (unpaired) electrons. The van der Waals surface area contributed by atoms with E-state index in [2.05, 4.69) is 43.1 Å².